The summed E-state index contributed by atoms with van der Waals surface area (Å²) in [4.78, 5) is 12.6. The Morgan fingerprint density at radius 3 is 2.87 bits per heavy atom. The van der Waals surface area contributed by atoms with Crippen LogP contribution in [0.15, 0.2) is 34.7 Å². The first-order chi connectivity index (χ1) is 14.5. The predicted molar refractivity (Wildman–Crippen MR) is 111 cm³/mol. The van der Waals surface area contributed by atoms with Gasteiger partial charge in [-0.25, -0.2) is 4.68 Å². The molecular formula is C22H27N5O3. The Morgan fingerprint density at radius 2 is 2.17 bits per heavy atom. The first kappa shape index (κ1) is 20.3. The number of aromatic nitrogens is 4. The van der Waals surface area contributed by atoms with Crippen LogP contribution < -0.4 is 5.32 Å². The molecule has 30 heavy (non-hydrogen) atoms. The normalized spacial score (nSPS) is 16.3. The van der Waals surface area contributed by atoms with E-state index in [2.05, 4.69) is 29.4 Å². The minimum atomic E-state index is -0.113. The molecule has 0 bridgehead atoms. The van der Waals surface area contributed by atoms with Gasteiger partial charge in [0.05, 0.1) is 11.8 Å². The lowest BCUT2D eigenvalue weighted by molar-refractivity contribution is 0.0857. The van der Waals surface area contributed by atoms with E-state index >= 15 is 0 Å². The molecule has 0 radical (unpaired) electrons. The quantitative estimate of drug-likeness (QED) is 0.643. The van der Waals surface area contributed by atoms with Crippen molar-refractivity contribution in [2.24, 2.45) is 5.92 Å². The second-order valence-corrected chi connectivity index (χ2v) is 8.05. The van der Waals surface area contributed by atoms with Crippen LogP contribution in [0, 0.1) is 12.8 Å². The molecule has 1 aliphatic rings. The Morgan fingerprint density at radius 1 is 1.30 bits per heavy atom. The molecule has 0 saturated carbocycles. The van der Waals surface area contributed by atoms with E-state index in [0.29, 0.717) is 35.5 Å². The van der Waals surface area contributed by atoms with Crippen LogP contribution in [0.1, 0.15) is 48.6 Å². The van der Waals surface area contributed by atoms with E-state index < -0.39 is 0 Å². The van der Waals surface area contributed by atoms with Crippen molar-refractivity contribution in [2.45, 2.75) is 46.1 Å². The molecule has 3 heterocycles. The smallest absolute Gasteiger partial charge is 0.268 e. The summed E-state index contributed by atoms with van der Waals surface area (Å²) in [5, 5.41) is 15.6. The van der Waals surface area contributed by atoms with Gasteiger partial charge in [0.1, 0.15) is 5.69 Å². The largest absolute Gasteiger partial charge is 0.420 e. The average molecular weight is 409 g/mol. The van der Waals surface area contributed by atoms with Gasteiger partial charge in [0.2, 0.25) is 5.89 Å². The number of ether oxygens (including phenoxy) is 1. The highest BCUT2D eigenvalue weighted by molar-refractivity contribution is 5.94. The Bertz CT molecular complexity index is 1020. The van der Waals surface area contributed by atoms with Gasteiger partial charge in [0.15, 0.2) is 0 Å². The first-order valence-corrected chi connectivity index (χ1v) is 10.4. The molecule has 1 saturated heterocycles. The Hall–Kier alpha value is -3.00. The van der Waals surface area contributed by atoms with E-state index in [0.717, 1.165) is 37.3 Å². The first-order valence-electron chi connectivity index (χ1n) is 10.4. The molecule has 0 aliphatic carbocycles. The fourth-order valence-corrected chi connectivity index (χ4v) is 3.60. The fourth-order valence-electron chi connectivity index (χ4n) is 3.60. The van der Waals surface area contributed by atoms with Gasteiger partial charge in [-0.15, -0.1) is 10.2 Å². The number of nitrogens with zero attached hydrogens (tertiary/aromatic N) is 4. The fraction of sp³-hybridized carbons (Fsp3) is 0.455. The van der Waals surface area contributed by atoms with Gasteiger partial charge >= 0.3 is 0 Å². The maximum absolute atomic E-state index is 12.6. The van der Waals surface area contributed by atoms with E-state index in [1.54, 1.807) is 6.92 Å². The molecule has 1 aromatic carbocycles. The van der Waals surface area contributed by atoms with E-state index in [9.17, 15) is 4.79 Å². The van der Waals surface area contributed by atoms with Crippen LogP contribution in [0.25, 0.3) is 17.3 Å². The van der Waals surface area contributed by atoms with Crippen molar-refractivity contribution in [1.29, 1.82) is 0 Å². The van der Waals surface area contributed by atoms with Crippen LogP contribution in [0.2, 0.25) is 0 Å². The number of amides is 1. The average Bonchev–Trinajstić information content (AvgIpc) is 3.47. The zero-order chi connectivity index (χ0) is 21.1. The minimum absolute atomic E-state index is 0.112. The number of nitrogens with one attached hydrogen (secondary N) is 1. The topological polar surface area (TPSA) is 95.1 Å². The molecular weight excluding hydrogens is 382 g/mol. The van der Waals surface area contributed by atoms with Crippen LogP contribution in [-0.2, 0) is 11.2 Å². The summed E-state index contributed by atoms with van der Waals surface area (Å²) in [7, 11) is 0. The molecule has 2 aromatic heterocycles. The van der Waals surface area contributed by atoms with Crippen LogP contribution in [0.5, 0.6) is 0 Å². The highest BCUT2D eigenvalue weighted by Crippen LogP contribution is 2.23. The number of aryl methyl sites for hydroxylation is 1. The summed E-state index contributed by atoms with van der Waals surface area (Å²) in [5.74, 6) is 1.21. The molecule has 4 rings (SSSR count). The molecule has 1 atom stereocenters. The number of carbonyl (C=O) groups excluding carboxylic acids is 1. The minimum Gasteiger partial charge on any atom is -0.420 e. The van der Waals surface area contributed by atoms with Crippen LogP contribution in [0.3, 0.4) is 0 Å². The third-order valence-corrected chi connectivity index (χ3v) is 5.01. The van der Waals surface area contributed by atoms with Crippen molar-refractivity contribution in [3.8, 4) is 17.3 Å². The van der Waals surface area contributed by atoms with Crippen LogP contribution in [-0.4, -0.2) is 45.1 Å². The van der Waals surface area contributed by atoms with Gasteiger partial charge < -0.3 is 14.5 Å². The number of hydrogen-bond acceptors (Lipinski definition) is 6. The van der Waals surface area contributed by atoms with Gasteiger partial charge in [-0.2, -0.15) is 5.10 Å². The molecule has 1 aliphatic heterocycles. The Balaban J connectivity index is 1.60. The summed E-state index contributed by atoms with van der Waals surface area (Å²) >= 11 is 0. The third-order valence-electron chi connectivity index (χ3n) is 5.01. The van der Waals surface area contributed by atoms with E-state index in [1.807, 2.05) is 35.0 Å². The van der Waals surface area contributed by atoms with Gasteiger partial charge in [-0.05, 0) is 49.4 Å². The number of rotatable bonds is 7. The lowest BCUT2D eigenvalue weighted by atomic mass is 10.1. The molecule has 1 unspecified atom stereocenters. The second kappa shape index (κ2) is 8.79. The molecule has 1 N–H and O–H groups in total. The third kappa shape index (κ3) is 4.59. The van der Waals surface area contributed by atoms with Crippen molar-refractivity contribution in [3.05, 3.63) is 47.5 Å². The summed E-state index contributed by atoms with van der Waals surface area (Å²) in [6.07, 6.45) is 2.98. The Labute approximate surface area is 175 Å². The summed E-state index contributed by atoms with van der Waals surface area (Å²) in [6, 6.07) is 9.44. The molecule has 1 fully saturated rings. The summed E-state index contributed by atoms with van der Waals surface area (Å²) in [6.45, 7) is 7.37. The summed E-state index contributed by atoms with van der Waals surface area (Å²) in [5.41, 5.74) is 3.05. The van der Waals surface area contributed by atoms with Gasteiger partial charge in [0.25, 0.3) is 11.8 Å². The van der Waals surface area contributed by atoms with E-state index in [1.165, 1.54) is 0 Å². The second-order valence-electron chi connectivity index (χ2n) is 8.05. The SMILES string of the molecule is Cc1nnc(-c2cc(CC(C)C)n(-c3cccc(C(=O)NCC4CCCO4)c3)n2)o1. The maximum Gasteiger partial charge on any atom is 0.268 e. The maximum atomic E-state index is 12.6. The molecule has 1 amide bonds. The zero-order valence-corrected chi connectivity index (χ0v) is 17.6. The number of benzene rings is 1. The van der Waals surface area contributed by atoms with Crippen molar-refractivity contribution in [2.75, 3.05) is 13.2 Å². The number of hydrogen-bond donors (Lipinski definition) is 1. The number of carbonyl (C=O) groups is 1. The molecule has 158 valence electrons. The van der Waals surface area contributed by atoms with Crippen LogP contribution >= 0.6 is 0 Å². The summed E-state index contributed by atoms with van der Waals surface area (Å²) < 4.78 is 13.0. The van der Waals surface area contributed by atoms with Crippen molar-refractivity contribution < 1.29 is 13.9 Å². The standard InChI is InChI=1S/C22H27N5O3/c1-14(2)10-18-12-20(22-25-24-15(3)30-22)26-27(18)17-7-4-6-16(11-17)21(28)23-13-19-8-5-9-29-19/h4,6-7,11-12,14,19H,5,8-10,13H2,1-3H3,(H,23,28). The predicted octanol–water partition coefficient (Wildman–Crippen LogP) is 3.34. The molecule has 3 aromatic rings. The zero-order valence-electron chi connectivity index (χ0n) is 17.6. The van der Waals surface area contributed by atoms with Crippen molar-refractivity contribution in [1.82, 2.24) is 25.3 Å². The van der Waals surface area contributed by atoms with Gasteiger partial charge in [0, 0.05) is 31.3 Å². The van der Waals surface area contributed by atoms with Gasteiger partial charge in [-0.1, -0.05) is 19.9 Å². The lowest BCUT2D eigenvalue weighted by Crippen LogP contribution is -2.31. The van der Waals surface area contributed by atoms with Crippen molar-refractivity contribution in [3.63, 3.8) is 0 Å². The molecule has 8 heteroatoms. The van der Waals surface area contributed by atoms with E-state index in [-0.39, 0.29) is 12.0 Å². The Kier molecular flexibility index (Phi) is 5.94. The van der Waals surface area contributed by atoms with E-state index in [4.69, 9.17) is 14.3 Å². The van der Waals surface area contributed by atoms with Crippen molar-refractivity contribution >= 4 is 5.91 Å². The highest BCUT2D eigenvalue weighted by Gasteiger charge is 2.19. The lowest BCUT2D eigenvalue weighted by Gasteiger charge is -2.12. The molecule has 8 nitrogen and oxygen atoms in total. The van der Waals surface area contributed by atoms with Gasteiger partial charge in [-0.3, -0.25) is 4.79 Å². The molecule has 0 spiro atoms. The van der Waals surface area contributed by atoms with Crippen LogP contribution in [0.4, 0.5) is 0 Å². The highest BCUT2D eigenvalue weighted by atomic mass is 16.5. The monoisotopic (exact) mass is 409 g/mol.